The number of carbonyl (C=O) groups is 1. The molecule has 1 rings (SSSR count). The topological polar surface area (TPSA) is 55.1 Å². The van der Waals surface area contributed by atoms with Crippen LogP contribution in [0, 0.1) is 12.8 Å². The molecule has 0 bridgehead atoms. The van der Waals surface area contributed by atoms with Crippen molar-refractivity contribution in [2.24, 2.45) is 11.7 Å². The van der Waals surface area contributed by atoms with Crippen molar-refractivity contribution in [3.8, 4) is 0 Å². The van der Waals surface area contributed by atoms with Gasteiger partial charge in [-0.3, -0.25) is 4.79 Å². The van der Waals surface area contributed by atoms with Gasteiger partial charge in [-0.1, -0.05) is 43.7 Å². The second-order valence-electron chi connectivity index (χ2n) is 5.81. The largest absolute Gasteiger partial charge is 0.349 e. The van der Waals surface area contributed by atoms with E-state index in [4.69, 9.17) is 5.73 Å². The molecule has 1 amide bonds. The van der Waals surface area contributed by atoms with Gasteiger partial charge in [-0.2, -0.15) is 0 Å². The number of carbonyl (C=O) groups excluding carboxylic acids is 1. The Balaban J connectivity index is 0.00000361. The average Bonchev–Trinajstić information content (AvgIpc) is 2.36. The first kappa shape index (κ1) is 18.9. The first-order valence-electron chi connectivity index (χ1n) is 6.94. The molecule has 1 aromatic rings. The number of amides is 1. The molecule has 0 saturated heterocycles. The van der Waals surface area contributed by atoms with Gasteiger partial charge in [0.05, 0.1) is 5.54 Å². The van der Waals surface area contributed by atoms with E-state index in [2.05, 4.69) is 44.3 Å². The zero-order valence-corrected chi connectivity index (χ0v) is 13.7. The molecule has 1 atom stereocenters. The third-order valence-electron chi connectivity index (χ3n) is 3.85. The van der Waals surface area contributed by atoms with Gasteiger partial charge < -0.3 is 11.1 Å². The lowest BCUT2D eigenvalue weighted by molar-refractivity contribution is -0.123. The van der Waals surface area contributed by atoms with Gasteiger partial charge >= 0.3 is 0 Å². The molecule has 0 saturated carbocycles. The maximum absolute atomic E-state index is 12.0. The van der Waals surface area contributed by atoms with Crippen LogP contribution in [0.3, 0.4) is 0 Å². The minimum Gasteiger partial charge on any atom is -0.349 e. The van der Waals surface area contributed by atoms with Crippen LogP contribution in [0.15, 0.2) is 24.3 Å². The Bertz CT molecular complexity index is 434. The molecule has 0 heterocycles. The van der Waals surface area contributed by atoms with Crippen molar-refractivity contribution in [3.63, 3.8) is 0 Å². The Morgan fingerprint density at radius 1 is 1.40 bits per heavy atom. The lowest BCUT2D eigenvalue weighted by Gasteiger charge is -2.33. The molecule has 0 aliphatic heterocycles. The summed E-state index contributed by atoms with van der Waals surface area (Å²) >= 11 is 0. The summed E-state index contributed by atoms with van der Waals surface area (Å²) < 4.78 is 0. The van der Waals surface area contributed by atoms with Crippen LogP contribution in [-0.4, -0.2) is 18.0 Å². The highest BCUT2D eigenvalue weighted by Gasteiger charge is 2.28. The van der Waals surface area contributed by atoms with Gasteiger partial charge in [0.1, 0.15) is 0 Å². The number of benzene rings is 1. The highest BCUT2D eigenvalue weighted by Crippen LogP contribution is 2.15. The van der Waals surface area contributed by atoms with Crippen LogP contribution in [0.25, 0.3) is 0 Å². The number of hydrogen-bond acceptors (Lipinski definition) is 2. The van der Waals surface area contributed by atoms with Crippen molar-refractivity contribution in [2.75, 3.05) is 6.54 Å². The number of rotatable bonds is 6. The number of hydrogen-bond donors (Lipinski definition) is 2. The molecule has 1 unspecified atom stereocenters. The smallest absolute Gasteiger partial charge is 0.220 e. The third kappa shape index (κ3) is 5.51. The second-order valence-corrected chi connectivity index (χ2v) is 5.81. The fraction of sp³-hybridized carbons (Fsp3) is 0.562. The molecule has 0 spiro atoms. The molecule has 3 N–H and O–H groups in total. The van der Waals surface area contributed by atoms with E-state index in [9.17, 15) is 4.79 Å². The minimum absolute atomic E-state index is 0. The van der Waals surface area contributed by atoms with Crippen molar-refractivity contribution >= 4 is 18.3 Å². The Morgan fingerprint density at radius 3 is 2.55 bits per heavy atom. The van der Waals surface area contributed by atoms with E-state index >= 15 is 0 Å². The fourth-order valence-electron chi connectivity index (χ4n) is 1.94. The van der Waals surface area contributed by atoms with Crippen molar-refractivity contribution in [2.45, 2.75) is 46.1 Å². The second kappa shape index (κ2) is 8.28. The molecule has 20 heavy (non-hydrogen) atoms. The summed E-state index contributed by atoms with van der Waals surface area (Å²) in [5.41, 5.74) is 7.88. The highest BCUT2D eigenvalue weighted by molar-refractivity contribution is 5.85. The lowest BCUT2D eigenvalue weighted by Crippen LogP contribution is -2.55. The predicted molar refractivity (Wildman–Crippen MR) is 87.2 cm³/mol. The number of aryl methyl sites for hydroxylation is 2. The van der Waals surface area contributed by atoms with Crippen LogP contribution in [0.2, 0.25) is 0 Å². The summed E-state index contributed by atoms with van der Waals surface area (Å²) in [6.07, 6.45) is 1.28. The van der Waals surface area contributed by atoms with E-state index in [1.54, 1.807) is 0 Å². The molecule has 0 aliphatic carbocycles. The maximum atomic E-state index is 12.0. The highest BCUT2D eigenvalue weighted by atomic mass is 35.5. The molecule has 0 radical (unpaired) electrons. The summed E-state index contributed by atoms with van der Waals surface area (Å²) in [6.45, 7) is 8.68. The van der Waals surface area contributed by atoms with Crippen LogP contribution in [0.1, 0.15) is 38.3 Å². The van der Waals surface area contributed by atoms with Crippen LogP contribution >= 0.6 is 12.4 Å². The molecule has 1 aromatic carbocycles. The van der Waals surface area contributed by atoms with E-state index < -0.39 is 0 Å². The zero-order valence-electron chi connectivity index (χ0n) is 12.9. The maximum Gasteiger partial charge on any atom is 0.220 e. The van der Waals surface area contributed by atoms with E-state index in [1.807, 2.05) is 13.0 Å². The van der Waals surface area contributed by atoms with Crippen LogP contribution < -0.4 is 11.1 Å². The summed E-state index contributed by atoms with van der Waals surface area (Å²) in [5, 5.41) is 3.06. The molecule has 114 valence electrons. The zero-order chi connectivity index (χ0) is 14.5. The van der Waals surface area contributed by atoms with Crippen molar-refractivity contribution in [1.82, 2.24) is 5.32 Å². The Hall–Kier alpha value is -1.06. The lowest BCUT2D eigenvalue weighted by atomic mass is 9.88. The van der Waals surface area contributed by atoms with Gasteiger partial charge in [0.25, 0.3) is 0 Å². The normalized spacial score (nSPS) is 13.5. The molecular formula is C16H27ClN2O. The first-order valence-corrected chi connectivity index (χ1v) is 6.94. The summed E-state index contributed by atoms with van der Waals surface area (Å²) in [5.74, 6) is 0.392. The van der Waals surface area contributed by atoms with Gasteiger partial charge in [0, 0.05) is 13.0 Å². The minimum atomic E-state index is -0.316. The SMILES string of the molecule is Cc1cccc(CCC(=O)NC(C)(CN)C(C)C)c1.Cl. The molecule has 0 aromatic heterocycles. The van der Waals surface area contributed by atoms with Crippen molar-refractivity contribution in [1.29, 1.82) is 0 Å². The predicted octanol–water partition coefficient (Wildman–Crippen LogP) is 2.84. The monoisotopic (exact) mass is 298 g/mol. The molecular weight excluding hydrogens is 272 g/mol. The number of halogens is 1. The fourth-order valence-corrected chi connectivity index (χ4v) is 1.94. The molecule has 0 aliphatic rings. The Labute approximate surface area is 128 Å². The first-order chi connectivity index (χ1) is 8.87. The van der Waals surface area contributed by atoms with Crippen LogP contribution in [0.4, 0.5) is 0 Å². The van der Waals surface area contributed by atoms with E-state index in [-0.39, 0.29) is 23.9 Å². The molecule has 0 fully saturated rings. The van der Waals surface area contributed by atoms with Gasteiger partial charge in [-0.15, -0.1) is 12.4 Å². The van der Waals surface area contributed by atoms with Crippen molar-refractivity contribution in [3.05, 3.63) is 35.4 Å². The van der Waals surface area contributed by atoms with Gasteiger partial charge in [0.2, 0.25) is 5.91 Å². The summed E-state index contributed by atoms with van der Waals surface area (Å²) in [7, 11) is 0. The van der Waals surface area contributed by atoms with Gasteiger partial charge in [-0.05, 0) is 31.7 Å². The number of nitrogens with two attached hydrogens (primary N) is 1. The molecule has 3 nitrogen and oxygen atoms in total. The standard InChI is InChI=1S/C16H26N2O.ClH/c1-12(2)16(4,11-17)18-15(19)9-8-14-7-5-6-13(3)10-14;/h5-7,10,12H,8-9,11,17H2,1-4H3,(H,18,19);1H. The van der Waals surface area contributed by atoms with Gasteiger partial charge in [0.15, 0.2) is 0 Å². The Kier molecular flexibility index (Phi) is 7.84. The third-order valence-corrected chi connectivity index (χ3v) is 3.85. The summed E-state index contributed by atoms with van der Waals surface area (Å²) in [6, 6.07) is 8.28. The van der Waals surface area contributed by atoms with Crippen LogP contribution in [0.5, 0.6) is 0 Å². The number of nitrogens with one attached hydrogen (secondary N) is 1. The van der Waals surface area contributed by atoms with Crippen molar-refractivity contribution < 1.29 is 4.79 Å². The van der Waals surface area contributed by atoms with E-state index in [1.165, 1.54) is 11.1 Å². The van der Waals surface area contributed by atoms with E-state index in [0.717, 1.165) is 6.42 Å². The van der Waals surface area contributed by atoms with Crippen LogP contribution in [-0.2, 0) is 11.2 Å². The average molecular weight is 299 g/mol. The quantitative estimate of drug-likeness (QED) is 0.848. The molecule has 4 heteroatoms. The Morgan fingerprint density at radius 2 is 2.05 bits per heavy atom. The summed E-state index contributed by atoms with van der Waals surface area (Å²) in [4.78, 5) is 12.0. The van der Waals surface area contributed by atoms with E-state index in [0.29, 0.717) is 18.9 Å². The van der Waals surface area contributed by atoms with Gasteiger partial charge in [-0.25, -0.2) is 0 Å².